The number of ether oxygens (including phenoxy) is 1. The summed E-state index contributed by atoms with van der Waals surface area (Å²) >= 11 is 0. The minimum absolute atomic E-state index is 0.310. The molecule has 2 aromatic carbocycles. The highest BCUT2D eigenvalue weighted by Crippen LogP contribution is 2.27. The molecule has 0 saturated carbocycles. The molecule has 0 spiro atoms. The molecule has 12 heteroatoms. The third-order valence-electron chi connectivity index (χ3n) is 5.22. The molecule has 1 aliphatic rings. The Morgan fingerprint density at radius 1 is 0.972 bits per heavy atom. The number of rotatable bonds is 5. The lowest BCUT2D eigenvalue weighted by Crippen LogP contribution is -2.50. The van der Waals surface area contributed by atoms with Crippen LogP contribution in [0, 0.1) is 6.92 Å². The Balaban J connectivity index is 1.78. The molecule has 0 aliphatic carbocycles. The summed E-state index contributed by atoms with van der Waals surface area (Å²) in [7, 11) is -4.55. The van der Waals surface area contributed by atoms with Crippen molar-refractivity contribution < 1.29 is 35.4 Å². The number of alkyl halides is 3. The number of hydrogen-bond donors (Lipinski definition) is 0. The maximum absolute atomic E-state index is 13.8. The minimum atomic E-state index is -4.98. The largest absolute Gasteiger partial charge is 0.444 e. The van der Waals surface area contributed by atoms with Gasteiger partial charge in [0.25, 0.3) is 0 Å². The Hall–Kier alpha value is -3.28. The predicted octanol–water partition coefficient (Wildman–Crippen LogP) is 4.72. The van der Waals surface area contributed by atoms with Gasteiger partial charge in [-0.05, 0) is 52.0 Å². The molecule has 1 amide bonds. The average molecular weight is 528 g/mol. The topological polar surface area (TPSA) is 88.5 Å². The smallest absolute Gasteiger partial charge is 0.437 e. The number of halogens is 3. The number of benzene rings is 2. The van der Waals surface area contributed by atoms with Gasteiger partial charge < -0.3 is 14.5 Å². The zero-order valence-corrected chi connectivity index (χ0v) is 21.2. The molecule has 3 rings (SSSR count). The van der Waals surface area contributed by atoms with Gasteiger partial charge >= 0.3 is 22.4 Å². The van der Waals surface area contributed by atoms with E-state index in [4.69, 9.17) is 4.74 Å². The summed E-state index contributed by atoms with van der Waals surface area (Å²) in [5, 5.41) is 3.01. The van der Waals surface area contributed by atoms with Gasteiger partial charge in [0.2, 0.25) is 0 Å². The fourth-order valence-electron chi connectivity index (χ4n) is 3.43. The number of piperazine rings is 1. The molecule has 0 radical (unpaired) electrons. The second kappa shape index (κ2) is 10.4. The molecule has 36 heavy (non-hydrogen) atoms. The molecule has 196 valence electrons. The van der Waals surface area contributed by atoms with Gasteiger partial charge in [0.05, 0.1) is 0 Å². The van der Waals surface area contributed by atoms with E-state index in [2.05, 4.69) is 9.44 Å². The third-order valence-corrected chi connectivity index (χ3v) is 6.34. The first-order valence-corrected chi connectivity index (χ1v) is 12.6. The van der Waals surface area contributed by atoms with Gasteiger partial charge in [-0.1, -0.05) is 35.0 Å². The van der Waals surface area contributed by atoms with Gasteiger partial charge in [0.15, 0.2) is 5.71 Å². The highest BCUT2D eigenvalue weighted by Gasteiger charge is 2.39. The predicted molar refractivity (Wildman–Crippen MR) is 129 cm³/mol. The zero-order chi connectivity index (χ0) is 26.7. The van der Waals surface area contributed by atoms with Crippen LogP contribution in [0.25, 0.3) is 0 Å². The molecule has 0 atom stereocenters. The summed E-state index contributed by atoms with van der Waals surface area (Å²) in [6, 6.07) is 10.9. The number of aryl methyl sites for hydroxylation is 1. The van der Waals surface area contributed by atoms with Crippen LogP contribution in [0.3, 0.4) is 0 Å². The minimum Gasteiger partial charge on any atom is -0.444 e. The molecule has 0 aromatic heterocycles. The summed E-state index contributed by atoms with van der Waals surface area (Å²) in [6.07, 6.45) is -5.43. The average Bonchev–Trinajstić information content (AvgIpc) is 2.78. The van der Waals surface area contributed by atoms with Crippen LogP contribution in [0.2, 0.25) is 0 Å². The van der Waals surface area contributed by atoms with E-state index in [9.17, 15) is 26.4 Å². The molecule has 1 aliphatic heterocycles. The molecule has 1 saturated heterocycles. The van der Waals surface area contributed by atoms with Crippen molar-refractivity contribution in [1.82, 2.24) is 4.90 Å². The van der Waals surface area contributed by atoms with Crippen LogP contribution >= 0.6 is 0 Å². The van der Waals surface area contributed by atoms with Gasteiger partial charge in [-0.25, -0.2) is 4.79 Å². The summed E-state index contributed by atoms with van der Waals surface area (Å²) in [6.45, 7) is 8.45. The molecule has 0 bridgehead atoms. The summed E-state index contributed by atoms with van der Waals surface area (Å²) in [5.74, 6) is 0. The van der Waals surface area contributed by atoms with E-state index in [1.165, 1.54) is 47.4 Å². The van der Waals surface area contributed by atoms with Crippen molar-refractivity contribution in [2.75, 3.05) is 31.1 Å². The van der Waals surface area contributed by atoms with Crippen molar-refractivity contribution in [1.29, 1.82) is 0 Å². The Morgan fingerprint density at radius 2 is 1.58 bits per heavy atom. The van der Waals surface area contributed by atoms with E-state index < -0.39 is 33.7 Å². The maximum Gasteiger partial charge on any atom is 0.437 e. The lowest BCUT2D eigenvalue weighted by Gasteiger charge is -2.36. The fourth-order valence-corrected chi connectivity index (χ4v) is 4.15. The number of hydrogen-bond acceptors (Lipinski definition) is 7. The standard InChI is InChI=1S/C24H28F3N3O5S/c1-17-8-10-20(11-9-17)36(32,33)35-28-21(24(25,26)27)18-6-5-7-19(16-18)29-12-14-30(15-13-29)22(31)34-23(2,3)4/h5-11,16H,12-15H2,1-4H3/b28-21+. The van der Waals surface area contributed by atoms with Gasteiger partial charge in [0.1, 0.15) is 10.5 Å². The van der Waals surface area contributed by atoms with Crippen molar-refractivity contribution in [3.8, 4) is 0 Å². The van der Waals surface area contributed by atoms with E-state index in [0.717, 1.165) is 5.56 Å². The molecular weight excluding hydrogens is 499 g/mol. The van der Waals surface area contributed by atoms with E-state index in [1.807, 2.05) is 4.90 Å². The summed E-state index contributed by atoms with van der Waals surface area (Å²) in [4.78, 5) is 15.3. The second-order valence-electron chi connectivity index (χ2n) is 9.28. The first kappa shape index (κ1) is 27.3. The van der Waals surface area contributed by atoms with Crippen LogP contribution in [0.15, 0.2) is 58.6 Å². The molecular formula is C24H28F3N3O5S. The number of anilines is 1. The van der Waals surface area contributed by atoms with E-state index in [-0.39, 0.29) is 10.5 Å². The Morgan fingerprint density at radius 3 is 2.14 bits per heavy atom. The summed E-state index contributed by atoms with van der Waals surface area (Å²) < 4.78 is 75.9. The van der Waals surface area contributed by atoms with Gasteiger partial charge in [-0.15, -0.1) is 0 Å². The monoisotopic (exact) mass is 527 g/mol. The lowest BCUT2D eigenvalue weighted by atomic mass is 10.1. The molecule has 1 fully saturated rings. The third kappa shape index (κ3) is 7.12. The van der Waals surface area contributed by atoms with Crippen LogP contribution in [0.1, 0.15) is 31.9 Å². The van der Waals surface area contributed by atoms with Crippen LogP contribution in [-0.4, -0.2) is 63.1 Å². The quantitative estimate of drug-likeness (QED) is 0.413. The first-order valence-electron chi connectivity index (χ1n) is 11.1. The second-order valence-corrected chi connectivity index (χ2v) is 10.8. The zero-order valence-electron chi connectivity index (χ0n) is 20.4. The van der Waals surface area contributed by atoms with Crippen molar-refractivity contribution in [3.63, 3.8) is 0 Å². The van der Waals surface area contributed by atoms with Crippen LogP contribution in [-0.2, 0) is 19.1 Å². The first-order chi connectivity index (χ1) is 16.7. The Kier molecular flexibility index (Phi) is 7.87. The van der Waals surface area contributed by atoms with E-state index in [0.29, 0.717) is 31.9 Å². The molecule has 1 heterocycles. The fraction of sp³-hybridized carbons (Fsp3) is 0.417. The highest BCUT2D eigenvalue weighted by molar-refractivity contribution is 7.86. The van der Waals surface area contributed by atoms with Crippen molar-refractivity contribution >= 4 is 27.6 Å². The normalized spacial score (nSPS) is 15.6. The number of amides is 1. The van der Waals surface area contributed by atoms with Gasteiger partial charge in [0, 0.05) is 37.4 Å². The van der Waals surface area contributed by atoms with Crippen LogP contribution in [0.4, 0.5) is 23.7 Å². The van der Waals surface area contributed by atoms with Crippen LogP contribution in [0.5, 0.6) is 0 Å². The molecule has 0 unspecified atom stereocenters. The van der Waals surface area contributed by atoms with Gasteiger partial charge in [-0.3, -0.25) is 4.28 Å². The Labute approximate surface area is 208 Å². The van der Waals surface area contributed by atoms with E-state index in [1.54, 1.807) is 33.8 Å². The van der Waals surface area contributed by atoms with Crippen molar-refractivity contribution in [2.24, 2.45) is 5.16 Å². The Bertz CT molecular complexity index is 1210. The summed E-state index contributed by atoms with van der Waals surface area (Å²) in [5.41, 5.74) is -1.22. The number of oxime groups is 1. The number of carbonyl (C=O) groups excluding carboxylic acids is 1. The number of nitrogens with zero attached hydrogens (tertiary/aromatic N) is 3. The number of carbonyl (C=O) groups is 1. The maximum atomic E-state index is 13.8. The highest BCUT2D eigenvalue weighted by atomic mass is 32.2. The molecule has 8 nitrogen and oxygen atoms in total. The molecule has 2 aromatic rings. The van der Waals surface area contributed by atoms with Crippen molar-refractivity contribution in [2.45, 2.75) is 44.4 Å². The van der Waals surface area contributed by atoms with Crippen molar-refractivity contribution in [3.05, 3.63) is 59.7 Å². The molecule has 0 N–H and O–H groups in total. The lowest BCUT2D eigenvalue weighted by molar-refractivity contribution is -0.0597. The van der Waals surface area contributed by atoms with Crippen LogP contribution < -0.4 is 4.90 Å². The van der Waals surface area contributed by atoms with Gasteiger partial charge in [-0.2, -0.15) is 21.6 Å². The van der Waals surface area contributed by atoms with E-state index >= 15 is 0 Å². The SMILES string of the molecule is Cc1ccc(S(=O)(=O)O/N=C(\c2cccc(N3CCN(C(=O)OC(C)(C)C)CC3)c2)C(F)(F)F)cc1.